The number of fused-ring (bicyclic) bond motifs is 1. The van der Waals surface area contributed by atoms with Crippen LogP contribution in [0, 0.1) is 15.9 Å². The standard InChI is InChI=1S/C20H19FN4O4S/c21-15-2-4-16(5-3-15)30(28,29)24-11-1-10-23(12-13-24)19-6-7-20(25(26)27)18-14-22-9-8-17(18)19/h2-9,14H,1,10-13H2. The summed E-state index contributed by atoms with van der Waals surface area (Å²) in [5.41, 5.74) is 0.788. The lowest BCUT2D eigenvalue weighted by molar-refractivity contribution is -0.383. The number of benzene rings is 2. The van der Waals surface area contributed by atoms with Crippen molar-refractivity contribution in [2.24, 2.45) is 0 Å². The Morgan fingerprint density at radius 2 is 1.73 bits per heavy atom. The van der Waals surface area contributed by atoms with Crippen molar-refractivity contribution in [2.75, 3.05) is 31.1 Å². The zero-order valence-corrected chi connectivity index (χ0v) is 16.8. The lowest BCUT2D eigenvalue weighted by Crippen LogP contribution is -2.35. The second kappa shape index (κ2) is 7.96. The Bertz CT molecular complexity index is 1200. The molecule has 10 heteroatoms. The van der Waals surface area contributed by atoms with Crippen molar-refractivity contribution in [3.8, 4) is 0 Å². The Hall–Kier alpha value is -3.11. The van der Waals surface area contributed by atoms with E-state index in [1.54, 1.807) is 18.3 Å². The SMILES string of the molecule is O=[N+]([O-])c1ccc(N2CCCN(S(=O)(=O)c3ccc(F)cc3)CC2)c2ccncc12. The van der Waals surface area contributed by atoms with Crippen LogP contribution in [-0.4, -0.2) is 48.8 Å². The zero-order valence-electron chi connectivity index (χ0n) is 15.9. The van der Waals surface area contributed by atoms with Gasteiger partial charge in [-0.05, 0) is 42.8 Å². The molecule has 8 nitrogen and oxygen atoms in total. The summed E-state index contributed by atoms with van der Waals surface area (Å²) in [6, 6.07) is 9.69. The van der Waals surface area contributed by atoms with E-state index in [4.69, 9.17) is 0 Å². The molecule has 156 valence electrons. The number of nitrogens with zero attached hydrogens (tertiary/aromatic N) is 4. The molecule has 0 spiro atoms. The van der Waals surface area contributed by atoms with Crippen LogP contribution < -0.4 is 4.90 Å². The van der Waals surface area contributed by atoms with Crippen LogP contribution in [0.5, 0.6) is 0 Å². The maximum Gasteiger partial charge on any atom is 0.278 e. The van der Waals surface area contributed by atoms with Crippen molar-refractivity contribution in [3.05, 3.63) is 70.8 Å². The summed E-state index contributed by atoms with van der Waals surface area (Å²) >= 11 is 0. The molecule has 1 aliphatic rings. The highest BCUT2D eigenvalue weighted by molar-refractivity contribution is 7.89. The van der Waals surface area contributed by atoms with E-state index >= 15 is 0 Å². The predicted molar refractivity (Wildman–Crippen MR) is 110 cm³/mol. The van der Waals surface area contributed by atoms with Crippen LogP contribution in [0.15, 0.2) is 59.8 Å². The van der Waals surface area contributed by atoms with Crippen molar-refractivity contribution in [1.29, 1.82) is 0 Å². The van der Waals surface area contributed by atoms with Gasteiger partial charge < -0.3 is 4.90 Å². The largest absolute Gasteiger partial charge is 0.370 e. The molecule has 0 N–H and O–H groups in total. The van der Waals surface area contributed by atoms with Gasteiger partial charge in [0, 0.05) is 55.7 Å². The quantitative estimate of drug-likeness (QED) is 0.466. The number of nitro groups is 1. The lowest BCUT2D eigenvalue weighted by atomic mass is 10.1. The predicted octanol–water partition coefficient (Wildman–Crippen LogP) is 3.18. The minimum absolute atomic E-state index is 0.0165. The molecule has 0 aliphatic carbocycles. The monoisotopic (exact) mass is 430 g/mol. The highest BCUT2D eigenvalue weighted by Gasteiger charge is 2.28. The molecule has 1 fully saturated rings. The molecule has 1 aromatic heterocycles. The van der Waals surface area contributed by atoms with Crippen LogP contribution >= 0.6 is 0 Å². The molecule has 3 aromatic rings. The fraction of sp³-hybridized carbons (Fsp3) is 0.250. The van der Waals surface area contributed by atoms with E-state index in [2.05, 4.69) is 4.98 Å². The van der Waals surface area contributed by atoms with Gasteiger partial charge in [0.25, 0.3) is 5.69 Å². The number of nitro benzene ring substituents is 1. The van der Waals surface area contributed by atoms with Gasteiger partial charge >= 0.3 is 0 Å². The summed E-state index contributed by atoms with van der Waals surface area (Å²) in [4.78, 5) is 17.0. The molecular formula is C20H19FN4O4S. The van der Waals surface area contributed by atoms with Gasteiger partial charge in [-0.1, -0.05) is 0 Å². The Morgan fingerprint density at radius 1 is 0.967 bits per heavy atom. The van der Waals surface area contributed by atoms with Crippen LogP contribution in [0.3, 0.4) is 0 Å². The van der Waals surface area contributed by atoms with Crippen molar-refractivity contribution >= 4 is 32.2 Å². The van der Waals surface area contributed by atoms with Gasteiger partial charge in [0.05, 0.1) is 15.2 Å². The van der Waals surface area contributed by atoms with Crippen LogP contribution in [0.1, 0.15) is 6.42 Å². The van der Waals surface area contributed by atoms with Crippen LogP contribution in [-0.2, 0) is 10.0 Å². The third kappa shape index (κ3) is 3.71. The highest BCUT2D eigenvalue weighted by Crippen LogP contribution is 2.33. The molecule has 4 rings (SSSR count). The van der Waals surface area contributed by atoms with E-state index in [0.717, 1.165) is 17.8 Å². The van der Waals surface area contributed by atoms with E-state index in [0.29, 0.717) is 36.8 Å². The second-order valence-corrected chi connectivity index (χ2v) is 8.92. The van der Waals surface area contributed by atoms with E-state index in [1.165, 1.54) is 28.7 Å². The summed E-state index contributed by atoms with van der Waals surface area (Å²) in [5, 5.41) is 12.5. The van der Waals surface area contributed by atoms with Crippen molar-refractivity contribution in [3.63, 3.8) is 0 Å². The number of non-ortho nitro benzene ring substituents is 1. The van der Waals surface area contributed by atoms with Crippen LogP contribution in [0.25, 0.3) is 10.8 Å². The number of pyridine rings is 1. The van der Waals surface area contributed by atoms with E-state index in [-0.39, 0.29) is 17.1 Å². The third-order valence-electron chi connectivity index (χ3n) is 5.22. The molecule has 0 atom stereocenters. The number of rotatable bonds is 4. The maximum absolute atomic E-state index is 13.2. The average Bonchev–Trinajstić information content (AvgIpc) is 3.00. The molecule has 30 heavy (non-hydrogen) atoms. The van der Waals surface area contributed by atoms with Crippen LogP contribution in [0.4, 0.5) is 15.8 Å². The summed E-state index contributed by atoms with van der Waals surface area (Å²) in [5.74, 6) is -0.490. The Kier molecular flexibility index (Phi) is 5.35. The first kappa shape index (κ1) is 20.2. The summed E-state index contributed by atoms with van der Waals surface area (Å²) in [7, 11) is -3.73. The number of halogens is 1. The molecule has 0 bridgehead atoms. The molecule has 0 unspecified atom stereocenters. The van der Waals surface area contributed by atoms with E-state index < -0.39 is 20.8 Å². The molecule has 0 saturated carbocycles. The third-order valence-corrected chi connectivity index (χ3v) is 7.13. The van der Waals surface area contributed by atoms with Crippen LogP contribution in [0.2, 0.25) is 0 Å². The van der Waals surface area contributed by atoms with E-state index in [9.17, 15) is 22.9 Å². The zero-order chi connectivity index (χ0) is 21.3. The number of hydrogen-bond acceptors (Lipinski definition) is 6. The Morgan fingerprint density at radius 3 is 2.47 bits per heavy atom. The number of anilines is 1. The summed E-state index contributed by atoms with van der Waals surface area (Å²) in [6.45, 7) is 1.62. The van der Waals surface area contributed by atoms with Gasteiger partial charge in [-0.15, -0.1) is 0 Å². The second-order valence-electron chi connectivity index (χ2n) is 6.98. The molecule has 2 heterocycles. The number of sulfonamides is 1. The minimum atomic E-state index is -3.73. The van der Waals surface area contributed by atoms with Crippen molar-refractivity contribution in [2.45, 2.75) is 11.3 Å². The molecule has 0 amide bonds. The first-order valence-corrected chi connectivity index (χ1v) is 10.8. The summed E-state index contributed by atoms with van der Waals surface area (Å²) < 4.78 is 40.4. The lowest BCUT2D eigenvalue weighted by Gasteiger charge is -2.25. The number of aromatic nitrogens is 1. The number of hydrogen-bond donors (Lipinski definition) is 0. The minimum Gasteiger partial charge on any atom is -0.370 e. The Balaban J connectivity index is 1.62. The molecule has 1 saturated heterocycles. The van der Waals surface area contributed by atoms with Gasteiger partial charge in [-0.3, -0.25) is 15.1 Å². The molecular weight excluding hydrogens is 411 g/mol. The Labute approximate surface area is 172 Å². The first-order chi connectivity index (χ1) is 14.4. The van der Waals surface area contributed by atoms with Crippen molar-refractivity contribution in [1.82, 2.24) is 9.29 Å². The first-order valence-electron chi connectivity index (χ1n) is 9.40. The fourth-order valence-corrected chi connectivity index (χ4v) is 5.19. The highest BCUT2D eigenvalue weighted by atomic mass is 32.2. The summed E-state index contributed by atoms with van der Waals surface area (Å²) in [6.07, 6.45) is 3.64. The fourth-order valence-electron chi connectivity index (χ4n) is 3.72. The van der Waals surface area contributed by atoms with Gasteiger partial charge in [0.1, 0.15) is 5.82 Å². The van der Waals surface area contributed by atoms with Crippen molar-refractivity contribution < 1.29 is 17.7 Å². The molecule has 0 radical (unpaired) electrons. The average molecular weight is 430 g/mol. The van der Waals surface area contributed by atoms with E-state index in [1.807, 2.05) is 4.90 Å². The normalized spacial score (nSPS) is 15.8. The van der Waals surface area contributed by atoms with Gasteiger partial charge in [0.15, 0.2) is 0 Å². The molecule has 1 aliphatic heterocycles. The smallest absolute Gasteiger partial charge is 0.278 e. The topological polar surface area (TPSA) is 96.6 Å². The maximum atomic E-state index is 13.2. The van der Waals surface area contributed by atoms with Gasteiger partial charge in [-0.25, -0.2) is 12.8 Å². The van der Waals surface area contributed by atoms with Gasteiger partial charge in [0.2, 0.25) is 10.0 Å². The molecule has 2 aromatic carbocycles. The van der Waals surface area contributed by atoms with Gasteiger partial charge in [-0.2, -0.15) is 4.31 Å².